The van der Waals surface area contributed by atoms with E-state index in [0.717, 1.165) is 6.42 Å². The summed E-state index contributed by atoms with van der Waals surface area (Å²) in [7, 11) is 0. The van der Waals surface area contributed by atoms with E-state index in [1.54, 1.807) is 6.92 Å². The average Bonchev–Trinajstić information content (AvgIpc) is 2.72. The van der Waals surface area contributed by atoms with Gasteiger partial charge in [0.05, 0.1) is 12.6 Å². The first-order valence-electron chi connectivity index (χ1n) is 12.4. The number of aliphatic hydroxyl groups is 1. The van der Waals surface area contributed by atoms with E-state index >= 15 is 0 Å². The van der Waals surface area contributed by atoms with Crippen LogP contribution in [0.4, 0.5) is 0 Å². The number of ether oxygens (including phenoxy) is 2. The number of hydrogen-bond acceptors (Lipinski definition) is 4. The molecule has 0 spiro atoms. The van der Waals surface area contributed by atoms with Gasteiger partial charge in [0.25, 0.3) is 0 Å². The largest absolute Gasteiger partial charge is 0.383 e. The summed E-state index contributed by atoms with van der Waals surface area (Å²) < 4.78 is 11.7. The Morgan fingerprint density at radius 1 is 1.03 bits per heavy atom. The first-order valence-corrected chi connectivity index (χ1v) is 12.4. The quantitative estimate of drug-likeness (QED) is 0.248. The maximum absolute atomic E-state index is 12.0. The van der Waals surface area contributed by atoms with E-state index in [-0.39, 0.29) is 18.1 Å². The van der Waals surface area contributed by atoms with E-state index in [9.17, 15) is 9.90 Å². The van der Waals surface area contributed by atoms with Crippen LogP contribution in [0.1, 0.15) is 111 Å². The first-order chi connectivity index (χ1) is 14.4. The third-order valence-electron chi connectivity index (χ3n) is 5.74. The van der Waals surface area contributed by atoms with Gasteiger partial charge < -0.3 is 19.9 Å². The number of aliphatic hydroxyl groups excluding tert-OH is 1. The molecule has 0 aromatic rings. The molecule has 1 aliphatic rings. The Bertz CT molecular complexity index is 478. The van der Waals surface area contributed by atoms with Crippen molar-refractivity contribution < 1.29 is 19.4 Å². The predicted octanol–water partition coefficient (Wildman–Crippen LogP) is 5.65. The predicted molar refractivity (Wildman–Crippen MR) is 123 cm³/mol. The van der Waals surface area contributed by atoms with Gasteiger partial charge in [-0.1, -0.05) is 90.2 Å². The molecule has 1 fully saturated rings. The lowest BCUT2D eigenvalue weighted by Crippen LogP contribution is -2.56. The lowest BCUT2D eigenvalue weighted by atomic mass is 10.0. The van der Waals surface area contributed by atoms with E-state index in [0.29, 0.717) is 13.0 Å². The summed E-state index contributed by atoms with van der Waals surface area (Å²) >= 11 is 0. The number of allylic oxidation sites excluding steroid dienone is 1. The molecule has 5 nitrogen and oxygen atoms in total. The standard InChI is InChI=1S/C25H47NO4/c1-5-7-8-9-10-11-12-13-14-15-16-17-18-19-23-21(20-29-25(3,4)30-23)26-24(28)22(27)6-2/h18-19,21-23,27H,5-17,20H2,1-4H3,(H,26,28)/t21-,22+,23+/m0/s1. The van der Waals surface area contributed by atoms with Crippen molar-refractivity contribution in [1.82, 2.24) is 5.32 Å². The lowest BCUT2D eigenvalue weighted by molar-refractivity contribution is -0.271. The first kappa shape index (κ1) is 27.1. The van der Waals surface area contributed by atoms with Crippen LogP contribution in [0.3, 0.4) is 0 Å². The molecule has 176 valence electrons. The highest BCUT2D eigenvalue weighted by atomic mass is 16.7. The molecule has 3 atom stereocenters. The van der Waals surface area contributed by atoms with Crippen LogP contribution in [0.2, 0.25) is 0 Å². The van der Waals surface area contributed by atoms with Gasteiger partial charge in [-0.15, -0.1) is 0 Å². The second-order valence-electron chi connectivity index (χ2n) is 9.08. The van der Waals surface area contributed by atoms with Crippen molar-refractivity contribution in [3.8, 4) is 0 Å². The fourth-order valence-electron chi connectivity index (χ4n) is 3.75. The van der Waals surface area contributed by atoms with Crippen LogP contribution in [-0.4, -0.2) is 41.7 Å². The minimum absolute atomic E-state index is 0.241. The Kier molecular flexibility index (Phi) is 14.3. The van der Waals surface area contributed by atoms with Crippen LogP contribution in [0.5, 0.6) is 0 Å². The number of hydrogen-bond donors (Lipinski definition) is 2. The Labute approximate surface area is 185 Å². The summed E-state index contributed by atoms with van der Waals surface area (Å²) in [6.07, 6.45) is 19.2. The Hall–Kier alpha value is -0.910. The van der Waals surface area contributed by atoms with Crippen LogP contribution in [0.25, 0.3) is 0 Å². The summed E-state index contributed by atoms with van der Waals surface area (Å²) in [6.45, 7) is 8.20. The van der Waals surface area contributed by atoms with Gasteiger partial charge in [-0.25, -0.2) is 0 Å². The van der Waals surface area contributed by atoms with Gasteiger partial charge in [0, 0.05) is 0 Å². The highest BCUT2D eigenvalue weighted by molar-refractivity contribution is 5.80. The molecular formula is C25H47NO4. The molecule has 1 saturated heterocycles. The van der Waals surface area contributed by atoms with Crippen molar-refractivity contribution >= 4 is 5.91 Å². The molecule has 0 aliphatic carbocycles. The normalized spacial score (nSPS) is 22.3. The fraction of sp³-hybridized carbons (Fsp3) is 0.880. The molecular weight excluding hydrogens is 378 g/mol. The summed E-state index contributed by atoms with van der Waals surface area (Å²) in [6, 6.07) is -0.277. The van der Waals surface area contributed by atoms with Crippen molar-refractivity contribution in [1.29, 1.82) is 0 Å². The average molecular weight is 426 g/mol. The SMILES string of the molecule is CCCCCCCCCCCCCC=C[C@H]1OC(C)(C)OC[C@@H]1NC(=O)[C@H](O)CC. The number of carbonyl (C=O) groups excluding carboxylic acids is 1. The summed E-state index contributed by atoms with van der Waals surface area (Å²) in [5.74, 6) is -1.03. The Morgan fingerprint density at radius 2 is 1.60 bits per heavy atom. The van der Waals surface area contributed by atoms with Crippen LogP contribution < -0.4 is 5.32 Å². The van der Waals surface area contributed by atoms with E-state index in [2.05, 4.69) is 18.3 Å². The lowest BCUT2D eigenvalue weighted by Gasteiger charge is -2.40. The van der Waals surface area contributed by atoms with E-state index in [1.165, 1.54) is 70.6 Å². The summed E-state index contributed by atoms with van der Waals surface area (Å²) in [5, 5.41) is 12.6. The van der Waals surface area contributed by atoms with Gasteiger partial charge in [0.15, 0.2) is 5.79 Å². The van der Waals surface area contributed by atoms with Crippen LogP contribution in [0, 0.1) is 0 Å². The molecule has 1 aliphatic heterocycles. The van der Waals surface area contributed by atoms with Crippen LogP contribution in [-0.2, 0) is 14.3 Å². The maximum Gasteiger partial charge on any atom is 0.249 e. The van der Waals surface area contributed by atoms with Gasteiger partial charge in [-0.2, -0.15) is 0 Å². The fourth-order valence-corrected chi connectivity index (χ4v) is 3.75. The van der Waals surface area contributed by atoms with Crippen molar-refractivity contribution in [2.75, 3.05) is 6.61 Å². The Morgan fingerprint density at radius 3 is 2.17 bits per heavy atom. The molecule has 0 bridgehead atoms. The number of nitrogens with one attached hydrogen (secondary N) is 1. The van der Waals surface area contributed by atoms with Crippen LogP contribution >= 0.6 is 0 Å². The molecule has 30 heavy (non-hydrogen) atoms. The van der Waals surface area contributed by atoms with Crippen molar-refractivity contribution in [3.63, 3.8) is 0 Å². The number of carbonyl (C=O) groups is 1. The van der Waals surface area contributed by atoms with Gasteiger partial charge in [0.1, 0.15) is 12.2 Å². The zero-order chi connectivity index (χ0) is 22.2. The molecule has 1 heterocycles. The molecule has 2 N–H and O–H groups in total. The molecule has 1 amide bonds. The highest BCUT2D eigenvalue weighted by Gasteiger charge is 2.36. The number of amides is 1. The van der Waals surface area contributed by atoms with Gasteiger partial charge in [0.2, 0.25) is 5.91 Å². The van der Waals surface area contributed by atoms with Gasteiger partial charge >= 0.3 is 0 Å². The monoisotopic (exact) mass is 425 g/mol. The molecule has 5 heteroatoms. The van der Waals surface area contributed by atoms with E-state index in [4.69, 9.17) is 9.47 Å². The van der Waals surface area contributed by atoms with E-state index in [1.807, 2.05) is 19.9 Å². The zero-order valence-corrected chi connectivity index (χ0v) is 20.0. The molecule has 0 aromatic carbocycles. The maximum atomic E-state index is 12.0. The molecule has 0 radical (unpaired) electrons. The third-order valence-corrected chi connectivity index (χ3v) is 5.74. The minimum Gasteiger partial charge on any atom is -0.383 e. The molecule has 1 rings (SSSR count). The van der Waals surface area contributed by atoms with E-state index < -0.39 is 11.9 Å². The summed E-state index contributed by atoms with van der Waals surface area (Å²) in [5.41, 5.74) is 0. The van der Waals surface area contributed by atoms with Crippen molar-refractivity contribution in [2.45, 2.75) is 135 Å². The van der Waals surface area contributed by atoms with Crippen LogP contribution in [0.15, 0.2) is 12.2 Å². The second-order valence-corrected chi connectivity index (χ2v) is 9.08. The molecule has 0 unspecified atom stereocenters. The smallest absolute Gasteiger partial charge is 0.249 e. The van der Waals surface area contributed by atoms with Crippen molar-refractivity contribution in [2.24, 2.45) is 0 Å². The summed E-state index contributed by atoms with van der Waals surface area (Å²) in [4.78, 5) is 12.0. The van der Waals surface area contributed by atoms with Crippen molar-refractivity contribution in [3.05, 3.63) is 12.2 Å². The molecule has 0 aromatic heterocycles. The number of unbranched alkanes of at least 4 members (excludes halogenated alkanes) is 11. The minimum atomic E-state index is -0.985. The zero-order valence-electron chi connectivity index (χ0n) is 20.0. The topological polar surface area (TPSA) is 67.8 Å². The number of rotatable bonds is 16. The van der Waals surface area contributed by atoms with Gasteiger partial charge in [-0.05, 0) is 33.1 Å². The Balaban J connectivity index is 2.22. The molecule has 0 saturated carbocycles. The third kappa shape index (κ3) is 12.1. The second kappa shape index (κ2) is 15.8. The highest BCUT2D eigenvalue weighted by Crippen LogP contribution is 2.23. The van der Waals surface area contributed by atoms with Gasteiger partial charge in [-0.3, -0.25) is 4.79 Å².